The highest BCUT2D eigenvalue weighted by Crippen LogP contribution is 2.34. The lowest BCUT2D eigenvalue weighted by molar-refractivity contribution is 0.0520. The summed E-state index contributed by atoms with van der Waals surface area (Å²) in [4.78, 5) is 26.3. The summed E-state index contributed by atoms with van der Waals surface area (Å²) in [7, 11) is 0. The number of nitrogens with two attached hydrogens (primary N) is 1. The van der Waals surface area contributed by atoms with Crippen molar-refractivity contribution in [2.45, 2.75) is 6.92 Å². The number of carbonyl (C=O) groups excluding carboxylic acids is 1. The maximum Gasteiger partial charge on any atom is 0.359 e. The van der Waals surface area contributed by atoms with Gasteiger partial charge in [-0.2, -0.15) is 15.0 Å². The molecule has 2 N–H and O–H groups in total. The Hall–Kier alpha value is -3.86. The van der Waals surface area contributed by atoms with Crippen LogP contribution in [-0.4, -0.2) is 22.4 Å². The van der Waals surface area contributed by atoms with Crippen molar-refractivity contribution in [3.05, 3.63) is 86.3 Å². The molecule has 0 fully saturated rings. The van der Waals surface area contributed by atoms with Gasteiger partial charge in [0.1, 0.15) is 6.07 Å². The highest BCUT2D eigenvalue weighted by Gasteiger charge is 2.24. The van der Waals surface area contributed by atoms with Gasteiger partial charge in [0.25, 0.3) is 5.56 Å². The van der Waals surface area contributed by atoms with E-state index in [0.29, 0.717) is 26.9 Å². The van der Waals surface area contributed by atoms with Gasteiger partial charge in [-0.25, -0.2) is 4.79 Å². The third-order valence-corrected chi connectivity index (χ3v) is 5.50. The van der Waals surface area contributed by atoms with Gasteiger partial charge in [0.05, 0.1) is 28.9 Å². The zero-order chi connectivity index (χ0) is 23.7. The predicted molar refractivity (Wildman–Crippen MR) is 128 cm³/mol. The monoisotopic (exact) mass is 478 g/mol. The summed E-state index contributed by atoms with van der Waals surface area (Å²) in [5, 5.41) is 15.2. The maximum atomic E-state index is 13.5. The predicted octanol–water partition coefficient (Wildman–Crippen LogP) is 4.99. The van der Waals surface area contributed by atoms with Crippen LogP contribution in [0.1, 0.15) is 23.0 Å². The standard InChI is InChI=1S/C24H16Cl2N4O3/c1-2-33-24(32)22-18-11-17(13-6-8-14(25)9-7-13)19(12-27)21(28)20(18)23(31)30(29-22)16-5-3-4-15(26)10-16/h3-11H,2,28H2,1H3. The lowest BCUT2D eigenvalue weighted by atomic mass is 9.94. The number of esters is 1. The van der Waals surface area contributed by atoms with Crippen molar-refractivity contribution in [1.82, 2.24) is 9.78 Å². The van der Waals surface area contributed by atoms with Gasteiger partial charge in [0.2, 0.25) is 0 Å². The zero-order valence-corrected chi connectivity index (χ0v) is 18.8. The lowest BCUT2D eigenvalue weighted by Gasteiger charge is -2.15. The van der Waals surface area contributed by atoms with E-state index >= 15 is 0 Å². The molecule has 0 aliphatic rings. The van der Waals surface area contributed by atoms with Crippen LogP contribution < -0.4 is 11.3 Å². The quantitative estimate of drug-likeness (QED) is 0.326. The Balaban J connectivity index is 2.14. The molecule has 0 saturated heterocycles. The van der Waals surface area contributed by atoms with Crippen molar-refractivity contribution in [1.29, 1.82) is 5.26 Å². The van der Waals surface area contributed by atoms with Crippen molar-refractivity contribution >= 4 is 45.6 Å². The summed E-state index contributed by atoms with van der Waals surface area (Å²) in [5.41, 5.74) is 7.08. The van der Waals surface area contributed by atoms with Crippen LogP contribution in [0.4, 0.5) is 5.69 Å². The second kappa shape index (κ2) is 8.94. The van der Waals surface area contributed by atoms with Crippen molar-refractivity contribution in [3.63, 3.8) is 0 Å². The van der Waals surface area contributed by atoms with Crippen LogP contribution in [0.15, 0.2) is 59.4 Å². The molecule has 4 rings (SSSR count). The van der Waals surface area contributed by atoms with Crippen molar-refractivity contribution < 1.29 is 9.53 Å². The van der Waals surface area contributed by atoms with E-state index in [9.17, 15) is 14.9 Å². The molecule has 0 spiro atoms. The van der Waals surface area contributed by atoms with E-state index in [1.165, 1.54) is 6.07 Å². The topological polar surface area (TPSA) is 111 Å². The molecule has 0 saturated carbocycles. The largest absolute Gasteiger partial charge is 0.461 e. The Bertz CT molecular complexity index is 1510. The smallest absolute Gasteiger partial charge is 0.359 e. The lowest BCUT2D eigenvalue weighted by Crippen LogP contribution is -2.26. The fraction of sp³-hybridized carbons (Fsp3) is 0.0833. The van der Waals surface area contributed by atoms with Crippen LogP contribution in [0.3, 0.4) is 0 Å². The molecule has 1 aromatic heterocycles. The summed E-state index contributed by atoms with van der Waals surface area (Å²) < 4.78 is 6.21. The van der Waals surface area contributed by atoms with Crippen LogP contribution in [0.25, 0.3) is 27.6 Å². The number of nitrogens with zero attached hydrogens (tertiary/aromatic N) is 3. The van der Waals surface area contributed by atoms with Gasteiger partial charge in [-0.1, -0.05) is 41.4 Å². The Morgan fingerprint density at radius 3 is 2.52 bits per heavy atom. The van der Waals surface area contributed by atoms with E-state index in [2.05, 4.69) is 11.2 Å². The molecular weight excluding hydrogens is 463 g/mol. The first-order valence-electron chi connectivity index (χ1n) is 9.84. The van der Waals surface area contributed by atoms with E-state index < -0.39 is 11.5 Å². The van der Waals surface area contributed by atoms with Crippen molar-refractivity contribution in [2.24, 2.45) is 0 Å². The first-order valence-corrected chi connectivity index (χ1v) is 10.6. The van der Waals surface area contributed by atoms with E-state index in [4.69, 9.17) is 33.7 Å². The summed E-state index contributed by atoms with van der Waals surface area (Å²) in [6, 6.07) is 16.8. The van der Waals surface area contributed by atoms with Gasteiger partial charge in [-0.05, 0) is 48.9 Å². The minimum absolute atomic E-state index is 0.0118. The number of rotatable bonds is 4. The Kier molecular flexibility index (Phi) is 6.05. The first-order chi connectivity index (χ1) is 15.8. The van der Waals surface area contributed by atoms with Crippen LogP contribution in [-0.2, 0) is 4.74 Å². The average Bonchev–Trinajstić information content (AvgIpc) is 2.79. The second-order valence-electron chi connectivity index (χ2n) is 7.02. The number of halogens is 2. The molecule has 0 radical (unpaired) electrons. The molecule has 3 aromatic carbocycles. The molecule has 7 nitrogen and oxygen atoms in total. The minimum Gasteiger partial charge on any atom is -0.461 e. The third-order valence-electron chi connectivity index (χ3n) is 5.02. The van der Waals surface area contributed by atoms with Crippen molar-refractivity contribution in [3.8, 4) is 22.9 Å². The number of aromatic nitrogens is 2. The van der Waals surface area contributed by atoms with Gasteiger partial charge in [-0.15, -0.1) is 0 Å². The number of hydrogen-bond acceptors (Lipinski definition) is 6. The highest BCUT2D eigenvalue weighted by molar-refractivity contribution is 6.31. The van der Waals surface area contributed by atoms with E-state index in [1.807, 2.05) is 0 Å². The van der Waals surface area contributed by atoms with Crippen molar-refractivity contribution in [2.75, 3.05) is 12.3 Å². The number of ether oxygens (including phenoxy) is 1. The van der Waals surface area contributed by atoms with Gasteiger partial charge in [0.15, 0.2) is 5.69 Å². The number of hydrogen-bond donors (Lipinski definition) is 1. The van der Waals surface area contributed by atoms with E-state index in [-0.39, 0.29) is 34.3 Å². The van der Waals surface area contributed by atoms with Gasteiger partial charge < -0.3 is 10.5 Å². The summed E-state index contributed by atoms with van der Waals surface area (Å²) >= 11 is 12.1. The molecule has 1 heterocycles. The maximum absolute atomic E-state index is 13.5. The van der Waals surface area contributed by atoms with Gasteiger partial charge >= 0.3 is 5.97 Å². The first kappa shape index (κ1) is 22.3. The highest BCUT2D eigenvalue weighted by atomic mass is 35.5. The number of carbonyl (C=O) groups is 1. The molecule has 0 unspecified atom stereocenters. The number of anilines is 1. The Labute approximate surface area is 198 Å². The molecule has 0 bridgehead atoms. The molecule has 0 atom stereocenters. The number of benzene rings is 3. The summed E-state index contributed by atoms with van der Waals surface area (Å²) in [6.45, 7) is 1.77. The van der Waals surface area contributed by atoms with Crippen LogP contribution in [0.5, 0.6) is 0 Å². The fourth-order valence-electron chi connectivity index (χ4n) is 3.54. The van der Waals surface area contributed by atoms with E-state index in [1.54, 1.807) is 55.5 Å². The average molecular weight is 479 g/mol. The second-order valence-corrected chi connectivity index (χ2v) is 7.89. The van der Waals surface area contributed by atoms with Crippen LogP contribution >= 0.6 is 23.2 Å². The van der Waals surface area contributed by atoms with Crippen LogP contribution in [0.2, 0.25) is 10.0 Å². The molecule has 33 heavy (non-hydrogen) atoms. The van der Waals surface area contributed by atoms with Crippen LogP contribution in [0, 0.1) is 11.3 Å². The Morgan fingerprint density at radius 2 is 1.88 bits per heavy atom. The molecular formula is C24H16Cl2N4O3. The van der Waals surface area contributed by atoms with Gasteiger partial charge in [0, 0.05) is 21.0 Å². The number of fused-ring (bicyclic) bond motifs is 1. The Morgan fingerprint density at radius 1 is 1.15 bits per heavy atom. The molecule has 164 valence electrons. The zero-order valence-electron chi connectivity index (χ0n) is 17.3. The number of nitrogen functional groups attached to an aromatic ring is 1. The molecule has 0 aliphatic heterocycles. The number of nitriles is 1. The van der Waals surface area contributed by atoms with Gasteiger partial charge in [-0.3, -0.25) is 4.79 Å². The molecule has 9 heteroatoms. The SMILES string of the molecule is CCOC(=O)c1nn(-c2cccc(Cl)c2)c(=O)c2c(N)c(C#N)c(-c3ccc(Cl)cc3)cc12. The summed E-state index contributed by atoms with van der Waals surface area (Å²) in [6.07, 6.45) is 0. The summed E-state index contributed by atoms with van der Waals surface area (Å²) in [5.74, 6) is -0.732. The minimum atomic E-state index is -0.732. The third kappa shape index (κ3) is 4.02. The molecule has 0 amide bonds. The van der Waals surface area contributed by atoms with E-state index in [0.717, 1.165) is 4.68 Å². The fourth-order valence-corrected chi connectivity index (χ4v) is 3.85. The molecule has 0 aliphatic carbocycles. The molecule has 4 aromatic rings. The normalized spacial score (nSPS) is 10.7.